The fourth-order valence-corrected chi connectivity index (χ4v) is 1.14. The monoisotopic (exact) mass is 160 g/mol. The topological polar surface area (TPSA) is 12.9 Å². The number of fused-ring (bicyclic) bond motifs is 1. The molecule has 2 rings (SSSR count). The molecule has 0 saturated heterocycles. The minimum Gasteiger partial charge on any atom is -0.250 e. The first kappa shape index (κ1) is 7.22. The van der Waals surface area contributed by atoms with Crippen LogP contribution in [0.2, 0.25) is 0 Å². The highest BCUT2D eigenvalue weighted by Crippen LogP contribution is 2.12. The summed E-state index contributed by atoms with van der Waals surface area (Å²) in [6.45, 7) is 0.506. The third-order valence-electron chi connectivity index (χ3n) is 1.73. The van der Waals surface area contributed by atoms with Crippen LogP contribution in [0.25, 0.3) is 10.9 Å². The molecule has 1 radical (unpaired) electrons. The normalized spacial score (nSPS) is 10.4. The Morgan fingerprint density at radius 1 is 1.08 bits per heavy atom. The van der Waals surface area contributed by atoms with Gasteiger partial charge in [-0.25, -0.2) is 9.37 Å². The Morgan fingerprint density at radius 3 is 2.75 bits per heavy atom. The van der Waals surface area contributed by atoms with E-state index in [0.29, 0.717) is 12.4 Å². The average Bonchev–Trinajstić information content (AvgIpc) is 2.17. The summed E-state index contributed by atoms with van der Waals surface area (Å²) in [6, 6.07) is 11.1. The van der Waals surface area contributed by atoms with E-state index in [1.807, 2.05) is 30.3 Å². The molecule has 0 aliphatic carbocycles. The van der Waals surface area contributed by atoms with Gasteiger partial charge in [0, 0.05) is 5.39 Å². The summed E-state index contributed by atoms with van der Waals surface area (Å²) >= 11 is 0. The van der Waals surface area contributed by atoms with E-state index in [1.54, 1.807) is 6.07 Å². The van der Waals surface area contributed by atoms with Crippen LogP contribution in [0, 0.1) is 6.67 Å². The molecule has 2 heteroatoms. The van der Waals surface area contributed by atoms with Crippen LogP contribution in [0.3, 0.4) is 0 Å². The van der Waals surface area contributed by atoms with Crippen molar-refractivity contribution in [3.8, 4) is 0 Å². The highest BCUT2D eigenvalue weighted by atomic mass is 19.1. The van der Waals surface area contributed by atoms with Crippen molar-refractivity contribution >= 4 is 10.9 Å². The second kappa shape index (κ2) is 2.89. The Bertz CT molecular complexity index is 398. The molecule has 0 spiro atoms. The van der Waals surface area contributed by atoms with Gasteiger partial charge in [0.15, 0.2) is 6.67 Å². The molecule has 0 unspecified atom stereocenters. The summed E-state index contributed by atoms with van der Waals surface area (Å²) in [5.41, 5.74) is 1.19. The number of para-hydroxylation sites is 1. The number of hydrogen-bond acceptors (Lipinski definition) is 1. The van der Waals surface area contributed by atoms with E-state index in [9.17, 15) is 4.39 Å². The molecule has 0 saturated carbocycles. The van der Waals surface area contributed by atoms with E-state index in [4.69, 9.17) is 0 Å². The predicted octanol–water partition coefficient (Wildman–Crippen LogP) is 2.71. The van der Waals surface area contributed by atoms with Gasteiger partial charge in [0.25, 0.3) is 0 Å². The molecule has 2 aromatic rings. The second-order valence-electron chi connectivity index (χ2n) is 2.54. The first-order chi connectivity index (χ1) is 5.90. The molecular formula is C10H7FN. The number of benzene rings is 1. The zero-order chi connectivity index (χ0) is 8.39. The molecule has 59 valence electrons. The van der Waals surface area contributed by atoms with Gasteiger partial charge in [0.2, 0.25) is 0 Å². The van der Waals surface area contributed by atoms with Crippen molar-refractivity contribution in [2.75, 3.05) is 0 Å². The van der Waals surface area contributed by atoms with E-state index >= 15 is 0 Å². The zero-order valence-corrected chi connectivity index (χ0v) is 6.37. The molecule has 0 aliphatic heterocycles. The van der Waals surface area contributed by atoms with Crippen molar-refractivity contribution in [2.45, 2.75) is 0 Å². The Morgan fingerprint density at radius 2 is 1.92 bits per heavy atom. The van der Waals surface area contributed by atoms with Crippen LogP contribution in [-0.4, -0.2) is 4.98 Å². The number of halogens is 1. The molecule has 1 nitrogen and oxygen atoms in total. The van der Waals surface area contributed by atoms with Gasteiger partial charge in [-0.2, -0.15) is 0 Å². The van der Waals surface area contributed by atoms with Crippen LogP contribution in [0.4, 0.5) is 4.39 Å². The summed E-state index contributed by atoms with van der Waals surface area (Å²) in [6.07, 6.45) is 0. The molecular weight excluding hydrogens is 153 g/mol. The lowest BCUT2D eigenvalue weighted by Crippen LogP contribution is -1.83. The number of nitrogens with zero attached hydrogens (tertiary/aromatic N) is 1. The number of rotatable bonds is 1. The van der Waals surface area contributed by atoms with Gasteiger partial charge in [0.05, 0.1) is 11.2 Å². The van der Waals surface area contributed by atoms with Crippen LogP contribution < -0.4 is 0 Å². The molecule has 1 aromatic carbocycles. The molecule has 12 heavy (non-hydrogen) atoms. The first-order valence-corrected chi connectivity index (χ1v) is 3.69. The Balaban J connectivity index is 2.67. The third-order valence-corrected chi connectivity index (χ3v) is 1.73. The lowest BCUT2D eigenvalue weighted by atomic mass is 10.2. The van der Waals surface area contributed by atoms with Crippen LogP contribution in [0.5, 0.6) is 0 Å². The van der Waals surface area contributed by atoms with Gasteiger partial charge in [-0.3, -0.25) is 0 Å². The van der Waals surface area contributed by atoms with Gasteiger partial charge in [-0.05, 0) is 12.1 Å². The maximum absolute atomic E-state index is 12.1. The van der Waals surface area contributed by atoms with Crippen LogP contribution in [0.15, 0.2) is 36.4 Å². The molecule has 0 atom stereocenters. The van der Waals surface area contributed by atoms with E-state index in [-0.39, 0.29) is 0 Å². The van der Waals surface area contributed by atoms with Crippen molar-refractivity contribution in [3.63, 3.8) is 0 Å². The summed E-state index contributed by atoms with van der Waals surface area (Å²) in [5.74, 6) is 0. The standard InChI is InChI=1S/C10H7FN/c11-7-9-6-5-8-3-1-2-4-10(8)12-9/h1-7H. The van der Waals surface area contributed by atoms with E-state index in [2.05, 4.69) is 4.98 Å². The number of aromatic nitrogens is 1. The Labute approximate surface area is 69.9 Å². The molecule has 0 aliphatic rings. The van der Waals surface area contributed by atoms with Gasteiger partial charge in [0.1, 0.15) is 0 Å². The molecule has 1 aromatic heterocycles. The zero-order valence-electron chi connectivity index (χ0n) is 6.37. The van der Waals surface area contributed by atoms with Crippen molar-refractivity contribution < 1.29 is 4.39 Å². The van der Waals surface area contributed by atoms with Crippen LogP contribution >= 0.6 is 0 Å². The lowest BCUT2D eigenvalue weighted by molar-refractivity contribution is 0.638. The molecule has 0 bridgehead atoms. The summed E-state index contributed by atoms with van der Waals surface area (Å²) < 4.78 is 12.1. The van der Waals surface area contributed by atoms with E-state index < -0.39 is 0 Å². The van der Waals surface area contributed by atoms with E-state index in [1.165, 1.54) is 0 Å². The fourth-order valence-electron chi connectivity index (χ4n) is 1.14. The van der Waals surface area contributed by atoms with Crippen LogP contribution in [-0.2, 0) is 0 Å². The van der Waals surface area contributed by atoms with Gasteiger partial charge in [-0.15, -0.1) is 0 Å². The van der Waals surface area contributed by atoms with Crippen molar-refractivity contribution in [1.29, 1.82) is 0 Å². The van der Waals surface area contributed by atoms with Crippen molar-refractivity contribution in [2.24, 2.45) is 0 Å². The number of hydrogen-bond donors (Lipinski definition) is 0. The van der Waals surface area contributed by atoms with Crippen LogP contribution in [0.1, 0.15) is 5.69 Å². The lowest BCUT2D eigenvalue weighted by Gasteiger charge is -1.97. The first-order valence-electron chi connectivity index (χ1n) is 3.69. The maximum Gasteiger partial charge on any atom is 0.179 e. The van der Waals surface area contributed by atoms with Gasteiger partial charge >= 0.3 is 0 Å². The SMILES string of the molecule is F[CH]c1ccc2ccccc2n1. The highest BCUT2D eigenvalue weighted by Gasteiger charge is 1.95. The minimum absolute atomic E-state index is 0.369. The fraction of sp³-hybridized carbons (Fsp3) is 0. The summed E-state index contributed by atoms with van der Waals surface area (Å²) in [4.78, 5) is 4.06. The molecule has 0 N–H and O–H groups in total. The Kier molecular flexibility index (Phi) is 1.74. The van der Waals surface area contributed by atoms with Gasteiger partial charge < -0.3 is 0 Å². The third kappa shape index (κ3) is 1.16. The highest BCUT2D eigenvalue weighted by molar-refractivity contribution is 5.78. The van der Waals surface area contributed by atoms with Crippen molar-refractivity contribution in [3.05, 3.63) is 48.8 Å². The van der Waals surface area contributed by atoms with E-state index in [0.717, 1.165) is 10.9 Å². The largest absolute Gasteiger partial charge is 0.250 e. The molecule has 0 amide bonds. The van der Waals surface area contributed by atoms with Gasteiger partial charge in [-0.1, -0.05) is 24.3 Å². The smallest absolute Gasteiger partial charge is 0.179 e. The summed E-state index contributed by atoms with van der Waals surface area (Å²) in [7, 11) is 0. The predicted molar refractivity (Wildman–Crippen MR) is 46.3 cm³/mol. The maximum atomic E-state index is 12.1. The summed E-state index contributed by atoms with van der Waals surface area (Å²) in [5, 5.41) is 1.03. The number of pyridine rings is 1. The van der Waals surface area contributed by atoms with Crippen molar-refractivity contribution in [1.82, 2.24) is 4.98 Å². The Hall–Kier alpha value is -1.44. The second-order valence-corrected chi connectivity index (χ2v) is 2.54. The average molecular weight is 160 g/mol. The quantitative estimate of drug-likeness (QED) is 0.625. The minimum atomic E-state index is 0.369. The molecule has 0 fully saturated rings. The molecule has 1 heterocycles.